The van der Waals surface area contributed by atoms with Crippen molar-refractivity contribution in [3.8, 4) is 5.75 Å². The van der Waals surface area contributed by atoms with Crippen molar-refractivity contribution in [2.75, 3.05) is 25.2 Å². The molecule has 4 rings (SSSR count). The maximum absolute atomic E-state index is 5.53. The predicted molar refractivity (Wildman–Crippen MR) is 94.0 cm³/mol. The smallest absolute Gasteiger partial charge is 0.145 e. The van der Waals surface area contributed by atoms with Crippen LogP contribution in [0.1, 0.15) is 38.2 Å². The summed E-state index contributed by atoms with van der Waals surface area (Å²) >= 11 is 0. The van der Waals surface area contributed by atoms with E-state index in [2.05, 4.69) is 35.1 Å². The molecule has 0 N–H and O–H groups in total. The number of methoxy groups -OCH3 is 1. The number of anilines is 1. The molecule has 0 spiro atoms. The lowest BCUT2D eigenvalue weighted by Gasteiger charge is -2.42. The number of fused-ring (bicyclic) bond motifs is 3. The Labute approximate surface area is 138 Å². The molecule has 0 amide bonds. The number of nitrogens with zero attached hydrogens (tertiary/aromatic N) is 3. The molecule has 4 heteroatoms. The Hall–Kier alpha value is -1.81. The first-order valence-corrected chi connectivity index (χ1v) is 8.75. The van der Waals surface area contributed by atoms with E-state index in [0.29, 0.717) is 6.04 Å². The average Bonchev–Trinajstić information content (AvgIpc) is 3.14. The molecule has 2 aliphatic rings. The highest BCUT2D eigenvalue weighted by Gasteiger charge is 2.31. The number of pyridine rings is 1. The van der Waals surface area contributed by atoms with Gasteiger partial charge in [0.2, 0.25) is 0 Å². The van der Waals surface area contributed by atoms with Crippen LogP contribution >= 0.6 is 0 Å². The fourth-order valence-electron chi connectivity index (χ4n) is 4.15. The van der Waals surface area contributed by atoms with Crippen molar-refractivity contribution in [2.24, 2.45) is 0 Å². The number of ether oxygens (including phenoxy) is 1. The minimum absolute atomic E-state index is 0.667. The molecule has 2 aromatic rings. The van der Waals surface area contributed by atoms with E-state index in [-0.39, 0.29) is 0 Å². The molecule has 0 atom stereocenters. The number of rotatable bonds is 3. The Morgan fingerprint density at radius 3 is 2.83 bits per heavy atom. The summed E-state index contributed by atoms with van der Waals surface area (Å²) < 4.78 is 5.53. The Kier molecular flexibility index (Phi) is 3.85. The Morgan fingerprint density at radius 2 is 2.09 bits per heavy atom. The molecule has 0 saturated heterocycles. The van der Waals surface area contributed by atoms with Gasteiger partial charge in [-0.15, -0.1) is 0 Å². The van der Waals surface area contributed by atoms with Crippen LogP contribution in [0.4, 0.5) is 5.69 Å². The van der Waals surface area contributed by atoms with Gasteiger partial charge in [0.1, 0.15) is 11.3 Å². The summed E-state index contributed by atoms with van der Waals surface area (Å²) in [4.78, 5) is 9.86. The van der Waals surface area contributed by atoms with Crippen molar-refractivity contribution in [3.05, 3.63) is 30.0 Å². The van der Waals surface area contributed by atoms with E-state index in [9.17, 15) is 0 Å². The molecule has 0 unspecified atom stereocenters. The minimum Gasteiger partial charge on any atom is -0.494 e. The molecule has 0 bridgehead atoms. The lowest BCUT2D eigenvalue weighted by atomic mass is 10.0. The SMILES string of the molecule is CCN1Cc2cnc3c(OC)cccc3c2N(C2CCCC2)C1. The van der Waals surface area contributed by atoms with Crippen LogP contribution < -0.4 is 9.64 Å². The van der Waals surface area contributed by atoms with E-state index < -0.39 is 0 Å². The number of benzene rings is 1. The second-order valence-electron chi connectivity index (χ2n) is 6.68. The molecule has 1 aliphatic heterocycles. The maximum Gasteiger partial charge on any atom is 0.145 e. The first kappa shape index (κ1) is 14.8. The van der Waals surface area contributed by atoms with E-state index in [1.807, 2.05) is 6.07 Å². The van der Waals surface area contributed by atoms with Gasteiger partial charge < -0.3 is 9.64 Å². The summed E-state index contributed by atoms with van der Waals surface area (Å²) in [6.45, 7) is 5.35. The van der Waals surface area contributed by atoms with Crippen LogP contribution in [0.2, 0.25) is 0 Å². The molecule has 1 aromatic heterocycles. The molecule has 1 fully saturated rings. The fraction of sp³-hybridized carbons (Fsp3) is 0.526. The zero-order valence-corrected chi connectivity index (χ0v) is 14.1. The van der Waals surface area contributed by atoms with Crippen LogP contribution in [0.5, 0.6) is 5.75 Å². The van der Waals surface area contributed by atoms with Gasteiger partial charge in [-0.2, -0.15) is 0 Å². The van der Waals surface area contributed by atoms with Gasteiger partial charge >= 0.3 is 0 Å². The highest BCUT2D eigenvalue weighted by Crippen LogP contribution is 2.40. The largest absolute Gasteiger partial charge is 0.494 e. The lowest BCUT2D eigenvalue weighted by molar-refractivity contribution is 0.255. The summed E-state index contributed by atoms with van der Waals surface area (Å²) in [5.41, 5.74) is 3.73. The van der Waals surface area contributed by atoms with E-state index >= 15 is 0 Å². The van der Waals surface area contributed by atoms with Gasteiger partial charge in [0.05, 0.1) is 19.5 Å². The monoisotopic (exact) mass is 311 g/mol. The number of hydrogen-bond acceptors (Lipinski definition) is 4. The zero-order valence-electron chi connectivity index (χ0n) is 14.1. The molecule has 0 radical (unpaired) electrons. The summed E-state index contributed by atoms with van der Waals surface area (Å²) in [5, 5.41) is 1.24. The van der Waals surface area contributed by atoms with Crippen LogP contribution in [-0.4, -0.2) is 36.2 Å². The molecular formula is C19H25N3O. The molecule has 23 heavy (non-hydrogen) atoms. The van der Waals surface area contributed by atoms with Crippen molar-refractivity contribution in [1.82, 2.24) is 9.88 Å². The molecular weight excluding hydrogens is 286 g/mol. The van der Waals surface area contributed by atoms with Gasteiger partial charge in [0.15, 0.2) is 0 Å². The summed E-state index contributed by atoms with van der Waals surface area (Å²) in [7, 11) is 1.73. The first-order chi connectivity index (χ1) is 11.3. The second kappa shape index (κ2) is 6.00. The van der Waals surface area contributed by atoms with Gasteiger partial charge in [-0.05, 0) is 25.5 Å². The molecule has 122 valence electrons. The highest BCUT2D eigenvalue weighted by atomic mass is 16.5. The van der Waals surface area contributed by atoms with Crippen LogP contribution in [0.15, 0.2) is 24.4 Å². The summed E-state index contributed by atoms with van der Waals surface area (Å²) in [6.07, 6.45) is 7.39. The van der Waals surface area contributed by atoms with Gasteiger partial charge in [-0.3, -0.25) is 9.88 Å². The number of hydrogen-bond donors (Lipinski definition) is 0. The topological polar surface area (TPSA) is 28.6 Å². The zero-order chi connectivity index (χ0) is 15.8. The van der Waals surface area contributed by atoms with E-state index in [0.717, 1.165) is 31.0 Å². The van der Waals surface area contributed by atoms with Crippen molar-refractivity contribution in [1.29, 1.82) is 0 Å². The number of para-hydroxylation sites is 1. The molecule has 1 aromatic carbocycles. The fourth-order valence-corrected chi connectivity index (χ4v) is 4.15. The minimum atomic E-state index is 0.667. The third-order valence-corrected chi connectivity index (χ3v) is 5.37. The van der Waals surface area contributed by atoms with Crippen LogP contribution in [-0.2, 0) is 6.54 Å². The average molecular weight is 311 g/mol. The Balaban J connectivity index is 1.89. The van der Waals surface area contributed by atoms with Crippen LogP contribution in [0, 0.1) is 0 Å². The third-order valence-electron chi connectivity index (χ3n) is 5.37. The van der Waals surface area contributed by atoms with Crippen molar-refractivity contribution < 1.29 is 4.74 Å². The van der Waals surface area contributed by atoms with Crippen molar-refractivity contribution >= 4 is 16.6 Å². The quantitative estimate of drug-likeness (QED) is 0.862. The number of aromatic nitrogens is 1. The lowest BCUT2D eigenvalue weighted by Crippen LogP contribution is -2.46. The van der Waals surface area contributed by atoms with Gasteiger partial charge in [0, 0.05) is 29.7 Å². The molecule has 2 heterocycles. The van der Waals surface area contributed by atoms with Crippen LogP contribution in [0.25, 0.3) is 10.9 Å². The van der Waals surface area contributed by atoms with Crippen molar-refractivity contribution in [3.63, 3.8) is 0 Å². The van der Waals surface area contributed by atoms with E-state index in [4.69, 9.17) is 9.72 Å². The normalized spacial score (nSPS) is 19.3. The first-order valence-electron chi connectivity index (χ1n) is 8.75. The van der Waals surface area contributed by atoms with E-state index in [1.54, 1.807) is 7.11 Å². The molecule has 1 aliphatic carbocycles. The summed E-state index contributed by atoms with van der Waals surface area (Å²) in [6, 6.07) is 6.96. The maximum atomic E-state index is 5.53. The van der Waals surface area contributed by atoms with Gasteiger partial charge in [-0.1, -0.05) is 31.9 Å². The molecule has 4 nitrogen and oxygen atoms in total. The van der Waals surface area contributed by atoms with Gasteiger partial charge in [-0.25, -0.2) is 0 Å². The standard InChI is InChI=1S/C19H25N3O/c1-3-21-12-14-11-20-18-16(9-6-10-17(18)23-2)19(14)22(13-21)15-7-4-5-8-15/h6,9-11,15H,3-5,7-8,12-13H2,1-2H3. The van der Waals surface area contributed by atoms with Crippen molar-refractivity contribution in [2.45, 2.75) is 45.2 Å². The van der Waals surface area contributed by atoms with Crippen LogP contribution in [0.3, 0.4) is 0 Å². The second-order valence-corrected chi connectivity index (χ2v) is 6.68. The Morgan fingerprint density at radius 1 is 1.26 bits per heavy atom. The third kappa shape index (κ3) is 2.45. The Bertz CT molecular complexity index is 709. The van der Waals surface area contributed by atoms with Gasteiger partial charge in [0.25, 0.3) is 0 Å². The summed E-state index contributed by atoms with van der Waals surface area (Å²) in [5.74, 6) is 0.870. The highest BCUT2D eigenvalue weighted by molar-refractivity contribution is 5.97. The predicted octanol–water partition coefficient (Wildman–Crippen LogP) is 3.79. The molecule has 1 saturated carbocycles. The van der Waals surface area contributed by atoms with E-state index in [1.165, 1.54) is 42.3 Å².